The van der Waals surface area contributed by atoms with Crippen LogP contribution in [0.5, 0.6) is 5.75 Å². The molecule has 0 fully saturated rings. The fourth-order valence-corrected chi connectivity index (χ4v) is 5.57. The highest BCUT2D eigenvalue weighted by Gasteiger charge is 2.33. The van der Waals surface area contributed by atoms with Crippen LogP contribution in [-0.2, 0) is 31.0 Å². The zero-order valence-electron chi connectivity index (χ0n) is 20.7. The molecule has 210 valence electrons. The van der Waals surface area contributed by atoms with Crippen molar-refractivity contribution in [1.29, 1.82) is 0 Å². The summed E-state index contributed by atoms with van der Waals surface area (Å²) < 4.78 is 97.7. The van der Waals surface area contributed by atoms with E-state index in [0.717, 1.165) is 40.4 Å². The minimum absolute atomic E-state index is 0.148. The molecule has 0 aromatic heterocycles. The van der Waals surface area contributed by atoms with Gasteiger partial charge in [0.1, 0.15) is 12.3 Å². The van der Waals surface area contributed by atoms with E-state index in [0.29, 0.717) is 6.07 Å². The van der Waals surface area contributed by atoms with Crippen molar-refractivity contribution in [3.8, 4) is 5.75 Å². The lowest BCUT2D eigenvalue weighted by Crippen LogP contribution is -2.37. The van der Waals surface area contributed by atoms with Crippen molar-refractivity contribution in [2.45, 2.75) is 18.0 Å². The van der Waals surface area contributed by atoms with Gasteiger partial charge in [-0.05, 0) is 67.1 Å². The molecule has 0 aliphatic heterocycles. The van der Waals surface area contributed by atoms with Crippen LogP contribution in [-0.4, -0.2) is 42.7 Å². The Labute approximate surface area is 228 Å². The molecule has 0 bridgehead atoms. The number of nitrogens with zero attached hydrogens (tertiary/aromatic N) is 1. The molecule has 3 aromatic carbocycles. The van der Waals surface area contributed by atoms with Crippen LogP contribution < -0.4 is 19.1 Å². The minimum Gasteiger partial charge on any atom is -0.495 e. The number of alkyl halides is 3. The van der Waals surface area contributed by atoms with Gasteiger partial charge in [0.25, 0.3) is 10.0 Å². The standard InChI is InChI=1S/C24H23ClF3N3O6S2/c1-15-4-11-22(37-2)21(12-15)31(38(3,33)34)14-23(32)29-16-5-8-18(9-6-16)39(35,36)30-17-7-10-20(25)19(13-17)24(26,27)28/h4-13,30H,14H2,1-3H3,(H,29,32). The van der Waals surface area contributed by atoms with Gasteiger partial charge in [-0.25, -0.2) is 16.8 Å². The number of nitrogens with one attached hydrogen (secondary N) is 2. The number of carbonyl (C=O) groups is 1. The van der Waals surface area contributed by atoms with E-state index in [4.69, 9.17) is 16.3 Å². The monoisotopic (exact) mass is 605 g/mol. The number of carbonyl (C=O) groups excluding carboxylic acids is 1. The third-order valence-corrected chi connectivity index (χ3v) is 8.12. The predicted molar refractivity (Wildman–Crippen MR) is 142 cm³/mol. The van der Waals surface area contributed by atoms with Gasteiger partial charge in [-0.2, -0.15) is 13.2 Å². The minimum atomic E-state index is -4.78. The summed E-state index contributed by atoms with van der Waals surface area (Å²) >= 11 is 5.57. The van der Waals surface area contributed by atoms with Gasteiger partial charge in [0.15, 0.2) is 0 Å². The highest BCUT2D eigenvalue weighted by atomic mass is 35.5. The highest BCUT2D eigenvalue weighted by molar-refractivity contribution is 7.92. The van der Waals surface area contributed by atoms with Crippen molar-refractivity contribution in [3.63, 3.8) is 0 Å². The second-order valence-electron chi connectivity index (χ2n) is 8.32. The summed E-state index contributed by atoms with van der Waals surface area (Å²) in [4.78, 5) is 12.4. The number of hydrogen-bond acceptors (Lipinski definition) is 6. The molecule has 1 amide bonds. The Morgan fingerprint density at radius 1 is 0.974 bits per heavy atom. The second kappa shape index (κ2) is 11.3. The van der Waals surface area contributed by atoms with Crippen LogP contribution >= 0.6 is 11.6 Å². The number of hydrogen-bond donors (Lipinski definition) is 2. The van der Waals surface area contributed by atoms with Crippen molar-refractivity contribution >= 4 is 54.6 Å². The summed E-state index contributed by atoms with van der Waals surface area (Å²) in [6.07, 6.45) is -3.84. The second-order valence-corrected chi connectivity index (χ2v) is 12.3. The first-order valence-corrected chi connectivity index (χ1v) is 14.6. The summed E-state index contributed by atoms with van der Waals surface area (Å²) in [7, 11) is -6.83. The molecule has 0 saturated carbocycles. The lowest BCUT2D eigenvalue weighted by atomic mass is 10.2. The van der Waals surface area contributed by atoms with Crippen molar-refractivity contribution in [3.05, 3.63) is 76.8 Å². The van der Waals surface area contributed by atoms with E-state index in [2.05, 4.69) is 10.0 Å². The molecule has 0 saturated heterocycles. The van der Waals surface area contributed by atoms with E-state index in [1.807, 2.05) is 0 Å². The van der Waals surface area contributed by atoms with Crippen LogP contribution in [0.3, 0.4) is 0 Å². The first-order chi connectivity index (χ1) is 18.0. The Hall–Kier alpha value is -3.49. The number of sulfonamides is 2. The third kappa shape index (κ3) is 7.55. The number of rotatable bonds is 9. The van der Waals surface area contributed by atoms with Crippen LogP contribution in [0.1, 0.15) is 11.1 Å². The van der Waals surface area contributed by atoms with Gasteiger partial charge in [-0.15, -0.1) is 0 Å². The average Bonchev–Trinajstić information content (AvgIpc) is 2.82. The first-order valence-electron chi connectivity index (χ1n) is 10.9. The molecule has 0 aliphatic rings. The number of methoxy groups -OCH3 is 1. The number of ether oxygens (including phenoxy) is 1. The van der Waals surface area contributed by atoms with Gasteiger partial charge in [0, 0.05) is 11.4 Å². The summed E-state index contributed by atoms with van der Waals surface area (Å²) in [6, 6.07) is 12.2. The Bertz CT molecular complexity index is 1600. The molecular weight excluding hydrogens is 583 g/mol. The van der Waals surface area contributed by atoms with Crippen LogP contribution in [0.2, 0.25) is 5.02 Å². The van der Waals surface area contributed by atoms with Crippen LogP contribution in [0.4, 0.5) is 30.2 Å². The first kappa shape index (κ1) is 30.1. The lowest BCUT2D eigenvalue weighted by Gasteiger charge is -2.24. The Kier molecular flexibility index (Phi) is 8.72. The van der Waals surface area contributed by atoms with E-state index < -0.39 is 49.3 Å². The molecule has 15 heteroatoms. The van der Waals surface area contributed by atoms with Crippen molar-refractivity contribution in [2.75, 3.05) is 34.3 Å². The van der Waals surface area contributed by atoms with Gasteiger partial charge in [0.2, 0.25) is 15.9 Å². The molecule has 0 unspecified atom stereocenters. The number of amides is 1. The number of aryl methyl sites for hydroxylation is 1. The van der Waals surface area contributed by atoms with E-state index in [1.54, 1.807) is 25.1 Å². The predicted octanol–water partition coefficient (Wildman–Crippen LogP) is 4.88. The molecule has 0 heterocycles. The highest BCUT2D eigenvalue weighted by Crippen LogP contribution is 2.36. The molecule has 9 nitrogen and oxygen atoms in total. The van der Waals surface area contributed by atoms with Gasteiger partial charge in [-0.3, -0.25) is 13.8 Å². The average molecular weight is 606 g/mol. The quantitative estimate of drug-likeness (QED) is 0.358. The van der Waals surface area contributed by atoms with Gasteiger partial charge >= 0.3 is 6.18 Å². The number of anilines is 3. The van der Waals surface area contributed by atoms with Crippen LogP contribution in [0.25, 0.3) is 0 Å². The van der Waals surface area contributed by atoms with Crippen molar-refractivity contribution < 1.29 is 39.5 Å². The molecule has 2 N–H and O–H groups in total. The molecule has 0 radical (unpaired) electrons. The SMILES string of the molecule is COc1ccc(C)cc1N(CC(=O)Nc1ccc(S(=O)(=O)Nc2ccc(Cl)c(C(F)(F)F)c2)cc1)S(C)(=O)=O. The molecular formula is C24H23ClF3N3O6S2. The summed E-state index contributed by atoms with van der Waals surface area (Å²) in [5.41, 5.74) is -0.503. The van der Waals surface area contributed by atoms with Crippen LogP contribution in [0.15, 0.2) is 65.6 Å². The maximum atomic E-state index is 13.1. The largest absolute Gasteiger partial charge is 0.495 e. The third-order valence-electron chi connectivity index (χ3n) is 5.26. The maximum absolute atomic E-state index is 13.1. The number of benzene rings is 3. The van der Waals surface area contributed by atoms with E-state index >= 15 is 0 Å². The lowest BCUT2D eigenvalue weighted by molar-refractivity contribution is -0.137. The molecule has 39 heavy (non-hydrogen) atoms. The molecule has 0 atom stereocenters. The van der Waals surface area contributed by atoms with E-state index in [1.165, 1.54) is 19.2 Å². The Morgan fingerprint density at radius 3 is 2.15 bits per heavy atom. The summed E-state index contributed by atoms with van der Waals surface area (Å²) in [6.45, 7) is 1.15. The van der Waals surface area contributed by atoms with Crippen molar-refractivity contribution in [1.82, 2.24) is 0 Å². The smallest absolute Gasteiger partial charge is 0.417 e. The summed E-state index contributed by atoms with van der Waals surface area (Å²) in [5.74, 6) is -0.484. The van der Waals surface area contributed by atoms with Gasteiger partial charge in [0.05, 0.1) is 34.5 Å². The normalized spacial score (nSPS) is 12.1. The molecule has 3 aromatic rings. The zero-order chi connectivity index (χ0) is 29.2. The Morgan fingerprint density at radius 2 is 1.59 bits per heavy atom. The van der Waals surface area contributed by atoms with Gasteiger partial charge < -0.3 is 10.1 Å². The topological polar surface area (TPSA) is 122 Å². The molecule has 0 aliphatic carbocycles. The van der Waals surface area contributed by atoms with Crippen LogP contribution in [0, 0.1) is 6.92 Å². The fourth-order valence-electron chi connectivity index (χ4n) is 3.44. The van der Waals surface area contributed by atoms with E-state index in [9.17, 15) is 34.8 Å². The van der Waals surface area contributed by atoms with Gasteiger partial charge in [-0.1, -0.05) is 17.7 Å². The van der Waals surface area contributed by atoms with Crippen molar-refractivity contribution in [2.24, 2.45) is 0 Å². The summed E-state index contributed by atoms with van der Waals surface area (Å²) in [5, 5.41) is 1.90. The fraction of sp³-hybridized carbons (Fsp3) is 0.208. The van der Waals surface area contributed by atoms with E-state index in [-0.39, 0.29) is 27.7 Å². The zero-order valence-corrected chi connectivity index (χ0v) is 23.1. The maximum Gasteiger partial charge on any atom is 0.417 e. The molecule has 3 rings (SSSR count). The molecule has 0 spiro atoms. The Balaban J connectivity index is 1.77. The number of halogens is 4.